The Labute approximate surface area is 211 Å². The van der Waals surface area contributed by atoms with Gasteiger partial charge in [-0.25, -0.2) is 4.79 Å². The van der Waals surface area contributed by atoms with Gasteiger partial charge >= 0.3 is 5.69 Å². The third-order valence-electron chi connectivity index (χ3n) is 6.04. The van der Waals surface area contributed by atoms with E-state index in [4.69, 9.17) is 0 Å². The second-order valence-corrected chi connectivity index (χ2v) is 9.82. The maximum atomic E-state index is 13.3. The van der Waals surface area contributed by atoms with Crippen molar-refractivity contribution in [3.05, 3.63) is 74.9 Å². The summed E-state index contributed by atoms with van der Waals surface area (Å²) in [5.41, 5.74) is 1.31. The Morgan fingerprint density at radius 3 is 2.22 bits per heavy atom. The van der Waals surface area contributed by atoms with E-state index in [2.05, 4.69) is 24.5 Å². The van der Waals surface area contributed by atoms with Crippen molar-refractivity contribution in [3.8, 4) is 0 Å². The number of rotatable bonds is 11. The quantitative estimate of drug-likeness (QED) is 0.397. The molecular formula is C28H36N4O4. The number of aromatic nitrogens is 2. The lowest BCUT2D eigenvalue weighted by molar-refractivity contribution is -0.121. The number of carbonyl (C=O) groups excluding carboxylic acids is 2. The van der Waals surface area contributed by atoms with E-state index in [0.717, 1.165) is 0 Å². The van der Waals surface area contributed by atoms with Crippen LogP contribution in [0.4, 0.5) is 5.69 Å². The van der Waals surface area contributed by atoms with E-state index in [1.807, 2.05) is 38.1 Å². The SMILES string of the molecule is CC(C)CNC(=O)CCCCn1c(=O)c2ccccc2n(CC(=O)Nc2ccc(C(C)C)cc2)c1=O. The van der Waals surface area contributed by atoms with Crippen LogP contribution in [-0.2, 0) is 22.7 Å². The number of unbranched alkanes of at least 4 members (excludes halogenated alkanes) is 1. The third-order valence-corrected chi connectivity index (χ3v) is 6.04. The van der Waals surface area contributed by atoms with Crippen LogP contribution < -0.4 is 21.9 Å². The van der Waals surface area contributed by atoms with E-state index in [1.54, 1.807) is 24.3 Å². The smallest absolute Gasteiger partial charge is 0.331 e. The molecule has 0 aliphatic rings. The van der Waals surface area contributed by atoms with Crippen LogP contribution in [-0.4, -0.2) is 27.5 Å². The summed E-state index contributed by atoms with van der Waals surface area (Å²) in [5, 5.41) is 6.08. The first-order valence-corrected chi connectivity index (χ1v) is 12.6. The van der Waals surface area contributed by atoms with Crippen molar-refractivity contribution >= 4 is 28.4 Å². The molecule has 192 valence electrons. The molecule has 0 bridgehead atoms. The second-order valence-electron chi connectivity index (χ2n) is 9.82. The fourth-order valence-electron chi connectivity index (χ4n) is 3.98. The van der Waals surface area contributed by atoms with Crippen molar-refractivity contribution in [3.63, 3.8) is 0 Å². The molecule has 0 fully saturated rings. The van der Waals surface area contributed by atoms with Gasteiger partial charge in [0.25, 0.3) is 5.56 Å². The number of benzene rings is 2. The van der Waals surface area contributed by atoms with Crippen molar-refractivity contribution in [2.45, 2.75) is 66.0 Å². The van der Waals surface area contributed by atoms with Gasteiger partial charge in [0.05, 0.1) is 10.9 Å². The zero-order valence-electron chi connectivity index (χ0n) is 21.5. The lowest BCUT2D eigenvalue weighted by Crippen LogP contribution is -2.41. The molecule has 0 radical (unpaired) electrons. The molecule has 1 heterocycles. The number of fused-ring (bicyclic) bond motifs is 1. The molecule has 8 heteroatoms. The fourth-order valence-corrected chi connectivity index (χ4v) is 3.98. The lowest BCUT2D eigenvalue weighted by atomic mass is 10.0. The molecular weight excluding hydrogens is 456 g/mol. The highest BCUT2D eigenvalue weighted by Gasteiger charge is 2.15. The van der Waals surface area contributed by atoms with Crippen molar-refractivity contribution in [2.24, 2.45) is 5.92 Å². The first kappa shape index (κ1) is 26.9. The lowest BCUT2D eigenvalue weighted by Gasteiger charge is -2.14. The highest BCUT2D eigenvalue weighted by Crippen LogP contribution is 2.17. The number of nitrogens with zero attached hydrogens (tertiary/aromatic N) is 2. The van der Waals surface area contributed by atoms with Gasteiger partial charge < -0.3 is 10.6 Å². The highest BCUT2D eigenvalue weighted by molar-refractivity contribution is 5.91. The van der Waals surface area contributed by atoms with E-state index in [9.17, 15) is 19.2 Å². The van der Waals surface area contributed by atoms with Crippen LogP contribution >= 0.6 is 0 Å². The number of anilines is 1. The van der Waals surface area contributed by atoms with E-state index in [1.165, 1.54) is 14.7 Å². The van der Waals surface area contributed by atoms with Crippen molar-refractivity contribution in [1.29, 1.82) is 0 Å². The van der Waals surface area contributed by atoms with Gasteiger partial charge in [-0.15, -0.1) is 0 Å². The number of amides is 2. The second kappa shape index (κ2) is 12.3. The van der Waals surface area contributed by atoms with Crippen LogP contribution in [0.2, 0.25) is 0 Å². The van der Waals surface area contributed by atoms with Gasteiger partial charge in [-0.3, -0.25) is 23.5 Å². The average Bonchev–Trinajstić information content (AvgIpc) is 2.85. The zero-order chi connectivity index (χ0) is 26.2. The van der Waals surface area contributed by atoms with Crippen molar-refractivity contribution in [1.82, 2.24) is 14.5 Å². The van der Waals surface area contributed by atoms with Gasteiger partial charge in [0.1, 0.15) is 6.54 Å². The molecule has 36 heavy (non-hydrogen) atoms. The minimum absolute atomic E-state index is 0.0370. The van der Waals surface area contributed by atoms with Gasteiger partial charge in [-0.1, -0.05) is 52.0 Å². The maximum absolute atomic E-state index is 13.3. The molecule has 3 aromatic rings. The van der Waals surface area contributed by atoms with Crippen LogP contribution in [0.3, 0.4) is 0 Å². The molecule has 0 saturated carbocycles. The summed E-state index contributed by atoms with van der Waals surface area (Å²) in [6.07, 6.45) is 1.38. The minimum Gasteiger partial charge on any atom is -0.356 e. The minimum atomic E-state index is -0.534. The number of carbonyl (C=O) groups is 2. The number of hydrogen-bond acceptors (Lipinski definition) is 4. The largest absolute Gasteiger partial charge is 0.356 e. The number of nitrogens with one attached hydrogen (secondary N) is 2. The van der Waals surface area contributed by atoms with E-state index >= 15 is 0 Å². The van der Waals surface area contributed by atoms with Gasteiger partial charge in [0.2, 0.25) is 11.8 Å². The van der Waals surface area contributed by atoms with E-state index in [0.29, 0.717) is 54.2 Å². The highest BCUT2D eigenvalue weighted by atomic mass is 16.2. The summed E-state index contributed by atoms with van der Waals surface area (Å²) >= 11 is 0. The molecule has 2 N–H and O–H groups in total. The molecule has 0 atom stereocenters. The van der Waals surface area contributed by atoms with Crippen LogP contribution in [0, 0.1) is 5.92 Å². The Morgan fingerprint density at radius 1 is 0.861 bits per heavy atom. The number of hydrogen-bond donors (Lipinski definition) is 2. The normalized spacial score (nSPS) is 11.3. The Bertz CT molecular complexity index is 1320. The topological polar surface area (TPSA) is 102 Å². The van der Waals surface area contributed by atoms with Crippen LogP contribution in [0.15, 0.2) is 58.1 Å². The zero-order valence-corrected chi connectivity index (χ0v) is 21.5. The molecule has 3 rings (SSSR count). The summed E-state index contributed by atoms with van der Waals surface area (Å²) in [6.45, 7) is 8.84. The van der Waals surface area contributed by atoms with E-state index < -0.39 is 5.69 Å². The van der Waals surface area contributed by atoms with E-state index in [-0.39, 0.29) is 30.5 Å². The first-order valence-electron chi connectivity index (χ1n) is 12.6. The number of para-hydroxylation sites is 1. The van der Waals surface area contributed by atoms with Gasteiger partial charge in [-0.05, 0) is 54.5 Å². The molecule has 1 aromatic heterocycles. The molecule has 8 nitrogen and oxygen atoms in total. The maximum Gasteiger partial charge on any atom is 0.331 e. The molecule has 0 aliphatic heterocycles. The van der Waals surface area contributed by atoms with Crippen LogP contribution in [0.25, 0.3) is 10.9 Å². The summed E-state index contributed by atoms with van der Waals surface area (Å²) in [4.78, 5) is 51.1. The third kappa shape index (κ3) is 6.93. The monoisotopic (exact) mass is 492 g/mol. The average molecular weight is 493 g/mol. The predicted molar refractivity (Wildman–Crippen MR) is 143 cm³/mol. The Kier molecular flexibility index (Phi) is 9.22. The summed E-state index contributed by atoms with van der Waals surface area (Å²) < 4.78 is 2.50. The summed E-state index contributed by atoms with van der Waals surface area (Å²) in [6, 6.07) is 14.4. The summed E-state index contributed by atoms with van der Waals surface area (Å²) in [5.74, 6) is 0.368. The van der Waals surface area contributed by atoms with Crippen LogP contribution in [0.1, 0.15) is 58.4 Å². The predicted octanol–water partition coefficient (Wildman–Crippen LogP) is 3.87. The molecule has 0 saturated heterocycles. The van der Waals surface area contributed by atoms with Gasteiger partial charge in [0.15, 0.2) is 0 Å². The summed E-state index contributed by atoms with van der Waals surface area (Å²) in [7, 11) is 0. The standard InChI is InChI=1S/C28H36N4O4/c1-19(2)17-29-25(33)11-7-8-16-31-27(35)23-9-5-6-10-24(23)32(28(31)36)18-26(34)30-22-14-12-21(13-15-22)20(3)4/h5-6,9-10,12-15,19-20H,7-8,11,16-18H2,1-4H3,(H,29,33)(H,30,34). The van der Waals surface area contributed by atoms with Crippen LogP contribution in [0.5, 0.6) is 0 Å². The Morgan fingerprint density at radius 2 is 1.56 bits per heavy atom. The van der Waals surface area contributed by atoms with Crippen molar-refractivity contribution < 1.29 is 9.59 Å². The molecule has 0 spiro atoms. The Hall–Kier alpha value is -3.68. The first-order chi connectivity index (χ1) is 17.2. The molecule has 2 aromatic carbocycles. The fraction of sp³-hybridized carbons (Fsp3) is 0.429. The molecule has 2 amide bonds. The molecule has 0 aliphatic carbocycles. The van der Waals surface area contributed by atoms with Gasteiger partial charge in [0, 0.05) is 25.2 Å². The molecule has 0 unspecified atom stereocenters. The van der Waals surface area contributed by atoms with Gasteiger partial charge in [-0.2, -0.15) is 0 Å². The Balaban J connectivity index is 1.76. The van der Waals surface area contributed by atoms with Crippen molar-refractivity contribution in [2.75, 3.05) is 11.9 Å².